The average Bonchev–Trinajstić information content (AvgIpc) is 2.77. The molecule has 0 spiro atoms. The summed E-state index contributed by atoms with van der Waals surface area (Å²) in [7, 11) is 0. The number of nitrogens with one attached hydrogen (secondary N) is 1. The van der Waals surface area contributed by atoms with Gasteiger partial charge in [0, 0.05) is 5.69 Å². The number of nitriles is 1. The zero-order chi connectivity index (χ0) is 20.5. The lowest BCUT2D eigenvalue weighted by Crippen LogP contribution is -2.20. The number of carbonyl (C=O) groups excluding carboxylic acids is 2. The molecule has 0 saturated heterocycles. The molecule has 0 saturated carbocycles. The predicted molar refractivity (Wildman–Crippen MR) is 107 cm³/mol. The highest BCUT2D eigenvalue weighted by molar-refractivity contribution is 5.95. The number of rotatable bonds is 7. The van der Waals surface area contributed by atoms with Crippen molar-refractivity contribution >= 4 is 17.6 Å². The van der Waals surface area contributed by atoms with Crippen molar-refractivity contribution < 1.29 is 19.1 Å². The molecule has 6 heteroatoms. The van der Waals surface area contributed by atoms with Crippen molar-refractivity contribution in [3.63, 3.8) is 0 Å². The van der Waals surface area contributed by atoms with Gasteiger partial charge in [0.15, 0.2) is 6.61 Å². The van der Waals surface area contributed by atoms with Crippen LogP contribution >= 0.6 is 0 Å². The van der Waals surface area contributed by atoms with Gasteiger partial charge in [-0.25, -0.2) is 4.79 Å². The second-order valence-corrected chi connectivity index (χ2v) is 6.11. The summed E-state index contributed by atoms with van der Waals surface area (Å²) < 4.78 is 10.7. The van der Waals surface area contributed by atoms with Crippen molar-refractivity contribution in [3.8, 4) is 11.8 Å². The second-order valence-electron chi connectivity index (χ2n) is 6.11. The standard InChI is InChI=1S/C23H18N2O4/c24-14-17-8-12-20(13-9-17)25-22(26)16-29-23(27)19-10-6-18(7-11-19)15-28-21-4-2-1-3-5-21/h1-13H,15-16H2,(H,25,26). The maximum absolute atomic E-state index is 12.1. The van der Waals surface area contributed by atoms with Crippen LogP contribution < -0.4 is 10.1 Å². The van der Waals surface area contributed by atoms with Crippen LogP contribution in [0.25, 0.3) is 0 Å². The summed E-state index contributed by atoms with van der Waals surface area (Å²) in [6, 6.07) is 24.6. The summed E-state index contributed by atoms with van der Waals surface area (Å²) in [4.78, 5) is 24.0. The van der Waals surface area contributed by atoms with E-state index in [-0.39, 0.29) is 0 Å². The minimum atomic E-state index is -0.587. The number of benzene rings is 3. The molecule has 6 nitrogen and oxygen atoms in total. The lowest BCUT2D eigenvalue weighted by atomic mass is 10.1. The Morgan fingerprint density at radius 3 is 2.24 bits per heavy atom. The van der Waals surface area contributed by atoms with E-state index in [1.807, 2.05) is 36.4 Å². The van der Waals surface area contributed by atoms with Gasteiger partial charge < -0.3 is 14.8 Å². The summed E-state index contributed by atoms with van der Waals surface area (Å²) in [6.45, 7) is -0.0238. The minimum Gasteiger partial charge on any atom is -0.489 e. The van der Waals surface area contributed by atoms with Crippen LogP contribution in [0.15, 0.2) is 78.9 Å². The highest BCUT2D eigenvalue weighted by Crippen LogP contribution is 2.13. The Morgan fingerprint density at radius 2 is 1.59 bits per heavy atom. The lowest BCUT2D eigenvalue weighted by Gasteiger charge is -2.08. The highest BCUT2D eigenvalue weighted by Gasteiger charge is 2.10. The molecule has 0 aliphatic rings. The highest BCUT2D eigenvalue weighted by atomic mass is 16.5. The molecule has 0 fully saturated rings. The van der Waals surface area contributed by atoms with E-state index in [9.17, 15) is 9.59 Å². The third kappa shape index (κ3) is 5.94. The summed E-state index contributed by atoms with van der Waals surface area (Å²) in [5.41, 5.74) is 2.27. The Labute approximate surface area is 168 Å². The van der Waals surface area contributed by atoms with E-state index in [0.29, 0.717) is 23.4 Å². The Hall–Kier alpha value is -4.11. The van der Waals surface area contributed by atoms with Crippen LogP contribution in [-0.2, 0) is 16.1 Å². The van der Waals surface area contributed by atoms with Crippen LogP contribution in [-0.4, -0.2) is 18.5 Å². The quantitative estimate of drug-likeness (QED) is 0.622. The first-order valence-electron chi connectivity index (χ1n) is 8.88. The van der Waals surface area contributed by atoms with Crippen molar-refractivity contribution in [1.29, 1.82) is 5.26 Å². The van der Waals surface area contributed by atoms with E-state index in [4.69, 9.17) is 14.7 Å². The molecule has 0 unspecified atom stereocenters. The van der Waals surface area contributed by atoms with Crippen molar-refractivity contribution in [3.05, 3.63) is 95.6 Å². The zero-order valence-corrected chi connectivity index (χ0v) is 15.5. The van der Waals surface area contributed by atoms with Crippen LogP contribution in [0.3, 0.4) is 0 Å². The van der Waals surface area contributed by atoms with Crippen LogP contribution in [0.1, 0.15) is 21.5 Å². The number of ether oxygens (including phenoxy) is 2. The number of esters is 1. The third-order valence-electron chi connectivity index (χ3n) is 3.97. The molecule has 3 aromatic rings. The van der Waals surface area contributed by atoms with E-state index >= 15 is 0 Å². The van der Waals surface area contributed by atoms with Crippen LogP contribution in [0.5, 0.6) is 5.75 Å². The van der Waals surface area contributed by atoms with E-state index < -0.39 is 18.5 Å². The van der Waals surface area contributed by atoms with Gasteiger partial charge in [0.1, 0.15) is 12.4 Å². The number of hydrogen-bond acceptors (Lipinski definition) is 5. The fourth-order valence-electron chi connectivity index (χ4n) is 2.46. The van der Waals surface area contributed by atoms with E-state index in [2.05, 4.69) is 5.32 Å². The zero-order valence-electron chi connectivity index (χ0n) is 15.5. The van der Waals surface area contributed by atoms with Crippen LogP contribution in [0.2, 0.25) is 0 Å². The van der Waals surface area contributed by atoms with Crippen molar-refractivity contribution in [1.82, 2.24) is 0 Å². The van der Waals surface area contributed by atoms with Gasteiger partial charge in [0.2, 0.25) is 0 Å². The third-order valence-corrected chi connectivity index (χ3v) is 3.97. The van der Waals surface area contributed by atoms with Gasteiger partial charge in [-0.3, -0.25) is 4.79 Å². The lowest BCUT2D eigenvalue weighted by molar-refractivity contribution is -0.119. The monoisotopic (exact) mass is 386 g/mol. The van der Waals surface area contributed by atoms with Gasteiger partial charge >= 0.3 is 5.97 Å². The second kappa shape index (κ2) is 9.72. The van der Waals surface area contributed by atoms with Gasteiger partial charge in [-0.1, -0.05) is 30.3 Å². The molecule has 0 aliphatic carbocycles. The smallest absolute Gasteiger partial charge is 0.338 e. The minimum absolute atomic E-state index is 0.347. The molecule has 0 aliphatic heterocycles. The molecule has 3 rings (SSSR count). The van der Waals surface area contributed by atoms with Gasteiger partial charge in [-0.2, -0.15) is 5.26 Å². The van der Waals surface area contributed by atoms with Crippen LogP contribution in [0, 0.1) is 11.3 Å². The molecule has 0 radical (unpaired) electrons. The number of nitrogens with zero attached hydrogens (tertiary/aromatic N) is 1. The Morgan fingerprint density at radius 1 is 0.897 bits per heavy atom. The van der Waals surface area contributed by atoms with Gasteiger partial charge in [-0.15, -0.1) is 0 Å². The molecule has 0 atom stereocenters. The average molecular weight is 386 g/mol. The normalized spacial score (nSPS) is 9.90. The fourth-order valence-corrected chi connectivity index (χ4v) is 2.46. The number of carbonyl (C=O) groups is 2. The first kappa shape index (κ1) is 19.6. The molecule has 1 amide bonds. The Bertz CT molecular complexity index is 1010. The largest absolute Gasteiger partial charge is 0.489 e. The van der Waals surface area contributed by atoms with Crippen LogP contribution in [0.4, 0.5) is 5.69 Å². The molecule has 144 valence electrons. The summed E-state index contributed by atoms with van der Waals surface area (Å²) in [6.07, 6.45) is 0. The fraction of sp³-hybridized carbons (Fsp3) is 0.0870. The molecule has 3 aromatic carbocycles. The van der Waals surface area contributed by atoms with Crippen molar-refractivity contribution in [2.75, 3.05) is 11.9 Å². The maximum Gasteiger partial charge on any atom is 0.338 e. The molecule has 29 heavy (non-hydrogen) atoms. The maximum atomic E-state index is 12.1. The molecule has 1 N–H and O–H groups in total. The molecule has 0 heterocycles. The van der Waals surface area contributed by atoms with E-state index in [1.54, 1.807) is 48.5 Å². The number of para-hydroxylation sites is 1. The van der Waals surface area contributed by atoms with Gasteiger partial charge in [-0.05, 0) is 54.1 Å². The van der Waals surface area contributed by atoms with E-state index in [1.165, 1.54) is 0 Å². The molecular formula is C23H18N2O4. The number of anilines is 1. The SMILES string of the molecule is N#Cc1ccc(NC(=O)COC(=O)c2ccc(COc3ccccc3)cc2)cc1. The van der Waals surface area contributed by atoms with Gasteiger partial charge in [0.05, 0.1) is 17.2 Å². The number of hydrogen-bond donors (Lipinski definition) is 1. The number of amides is 1. The Kier molecular flexibility index (Phi) is 6.58. The molecule has 0 aromatic heterocycles. The summed E-state index contributed by atoms with van der Waals surface area (Å²) in [5, 5.41) is 11.4. The molecule has 0 bridgehead atoms. The molecular weight excluding hydrogens is 368 g/mol. The van der Waals surface area contributed by atoms with Gasteiger partial charge in [0.25, 0.3) is 5.91 Å². The van der Waals surface area contributed by atoms with Crippen molar-refractivity contribution in [2.45, 2.75) is 6.61 Å². The summed E-state index contributed by atoms with van der Waals surface area (Å²) >= 11 is 0. The summed E-state index contributed by atoms with van der Waals surface area (Å²) in [5.74, 6) is -0.282. The topological polar surface area (TPSA) is 88.4 Å². The van der Waals surface area contributed by atoms with Crippen molar-refractivity contribution in [2.24, 2.45) is 0 Å². The first-order chi connectivity index (χ1) is 14.1. The predicted octanol–water partition coefficient (Wildman–Crippen LogP) is 3.93. The Balaban J connectivity index is 1.46. The first-order valence-corrected chi connectivity index (χ1v) is 8.88. The van der Waals surface area contributed by atoms with E-state index in [0.717, 1.165) is 11.3 Å².